The number of amides is 2. The Morgan fingerprint density at radius 3 is 2.79 bits per heavy atom. The number of aromatic amines is 1. The lowest BCUT2D eigenvalue weighted by Crippen LogP contribution is -2.37. The second-order valence-electron chi connectivity index (χ2n) is 5.04. The number of nitrogens with one attached hydrogen (secondary N) is 2. The van der Waals surface area contributed by atoms with Crippen molar-refractivity contribution >= 4 is 33.4 Å². The van der Waals surface area contributed by atoms with Gasteiger partial charge in [0.05, 0.1) is 5.56 Å². The lowest BCUT2D eigenvalue weighted by molar-refractivity contribution is -0.120. The molecule has 3 aromatic rings. The van der Waals surface area contributed by atoms with Crippen molar-refractivity contribution in [2.45, 2.75) is 6.04 Å². The molecule has 2 heterocycles. The van der Waals surface area contributed by atoms with E-state index in [9.17, 15) is 14.4 Å². The zero-order valence-corrected chi connectivity index (χ0v) is 13.8. The molecule has 0 bridgehead atoms. The standard InChI is InChI=1S/C15H12BrN5O3/c16-10-3-1-2-8(6-10)12(13(17)22)18-14(23)9-4-5-11-19-20-15(24)21(11)7-9/h1-7,12H,(H2,17,22)(H,18,23)(H,20,24). The van der Waals surface area contributed by atoms with Crippen molar-refractivity contribution in [1.82, 2.24) is 19.9 Å². The first kappa shape index (κ1) is 15.9. The lowest BCUT2D eigenvalue weighted by atomic mass is 10.1. The predicted molar refractivity (Wildman–Crippen MR) is 89.4 cm³/mol. The first-order valence-electron chi connectivity index (χ1n) is 6.88. The number of hydrogen-bond acceptors (Lipinski definition) is 4. The summed E-state index contributed by atoms with van der Waals surface area (Å²) in [4.78, 5) is 35.7. The lowest BCUT2D eigenvalue weighted by Gasteiger charge is -2.16. The average molecular weight is 390 g/mol. The van der Waals surface area contributed by atoms with Crippen LogP contribution in [0.15, 0.2) is 51.9 Å². The van der Waals surface area contributed by atoms with Gasteiger partial charge in [-0.2, -0.15) is 5.10 Å². The number of primary amides is 1. The average Bonchev–Trinajstić information content (AvgIpc) is 2.93. The molecule has 3 rings (SSSR count). The Morgan fingerprint density at radius 2 is 2.08 bits per heavy atom. The number of nitrogens with two attached hydrogens (primary N) is 1. The van der Waals surface area contributed by atoms with Crippen LogP contribution in [0.1, 0.15) is 22.0 Å². The predicted octanol–water partition coefficient (Wildman–Crippen LogP) is 0.741. The molecule has 0 saturated heterocycles. The molecule has 122 valence electrons. The SMILES string of the molecule is NC(=O)C(NC(=O)c1ccc2n[nH]c(=O)n2c1)c1cccc(Br)c1. The van der Waals surface area contributed by atoms with E-state index in [2.05, 4.69) is 31.4 Å². The molecule has 1 unspecified atom stereocenters. The summed E-state index contributed by atoms with van der Waals surface area (Å²) in [5, 5.41) is 8.63. The number of fused-ring (bicyclic) bond motifs is 1. The second kappa shape index (κ2) is 6.28. The quantitative estimate of drug-likeness (QED) is 0.608. The number of pyridine rings is 1. The summed E-state index contributed by atoms with van der Waals surface area (Å²) in [5.74, 6) is -1.23. The third kappa shape index (κ3) is 3.06. The van der Waals surface area contributed by atoms with E-state index in [4.69, 9.17) is 5.73 Å². The molecule has 24 heavy (non-hydrogen) atoms. The number of rotatable bonds is 4. The fraction of sp³-hybridized carbons (Fsp3) is 0.0667. The van der Waals surface area contributed by atoms with Gasteiger partial charge in [0, 0.05) is 10.7 Å². The third-order valence-corrected chi connectivity index (χ3v) is 3.91. The van der Waals surface area contributed by atoms with E-state index in [0.29, 0.717) is 11.2 Å². The van der Waals surface area contributed by atoms with Crippen LogP contribution in [0.5, 0.6) is 0 Å². The minimum absolute atomic E-state index is 0.201. The van der Waals surface area contributed by atoms with Crippen LogP contribution in [0.3, 0.4) is 0 Å². The van der Waals surface area contributed by atoms with Gasteiger partial charge in [-0.05, 0) is 29.8 Å². The highest BCUT2D eigenvalue weighted by Crippen LogP contribution is 2.18. The van der Waals surface area contributed by atoms with Crippen LogP contribution < -0.4 is 16.7 Å². The van der Waals surface area contributed by atoms with E-state index in [0.717, 1.165) is 4.47 Å². The maximum atomic E-state index is 12.4. The van der Waals surface area contributed by atoms with Crippen molar-refractivity contribution < 1.29 is 9.59 Å². The summed E-state index contributed by atoms with van der Waals surface area (Å²) in [6.45, 7) is 0. The van der Waals surface area contributed by atoms with Crippen molar-refractivity contribution in [3.05, 3.63) is 68.7 Å². The largest absolute Gasteiger partial charge is 0.368 e. The molecule has 0 radical (unpaired) electrons. The number of nitrogens with zero attached hydrogens (tertiary/aromatic N) is 2. The van der Waals surface area contributed by atoms with Crippen molar-refractivity contribution in [2.75, 3.05) is 0 Å². The Bertz CT molecular complexity index is 994. The van der Waals surface area contributed by atoms with E-state index < -0.39 is 23.5 Å². The van der Waals surface area contributed by atoms with E-state index in [1.165, 1.54) is 22.7 Å². The van der Waals surface area contributed by atoms with Crippen LogP contribution in [0.2, 0.25) is 0 Å². The summed E-state index contributed by atoms with van der Waals surface area (Å²) < 4.78 is 1.96. The monoisotopic (exact) mass is 389 g/mol. The number of halogens is 1. The third-order valence-electron chi connectivity index (χ3n) is 3.42. The topological polar surface area (TPSA) is 122 Å². The van der Waals surface area contributed by atoms with Crippen LogP contribution in [-0.2, 0) is 4.79 Å². The van der Waals surface area contributed by atoms with E-state index in [1.807, 2.05) is 0 Å². The zero-order chi connectivity index (χ0) is 17.3. The molecule has 0 aliphatic rings. The van der Waals surface area contributed by atoms with Gasteiger partial charge in [-0.25, -0.2) is 14.3 Å². The molecule has 1 aromatic carbocycles. The highest BCUT2D eigenvalue weighted by molar-refractivity contribution is 9.10. The zero-order valence-electron chi connectivity index (χ0n) is 12.2. The minimum atomic E-state index is -0.994. The summed E-state index contributed by atoms with van der Waals surface area (Å²) >= 11 is 3.31. The molecule has 0 spiro atoms. The van der Waals surface area contributed by atoms with Crippen LogP contribution in [-0.4, -0.2) is 26.4 Å². The van der Waals surface area contributed by atoms with Gasteiger partial charge in [-0.15, -0.1) is 0 Å². The van der Waals surface area contributed by atoms with Gasteiger partial charge in [0.25, 0.3) is 5.91 Å². The smallest absolute Gasteiger partial charge is 0.347 e. The minimum Gasteiger partial charge on any atom is -0.368 e. The number of carbonyl (C=O) groups is 2. The Kier molecular flexibility index (Phi) is 4.17. The first-order valence-corrected chi connectivity index (χ1v) is 7.67. The summed E-state index contributed by atoms with van der Waals surface area (Å²) in [6, 6.07) is 8.94. The van der Waals surface area contributed by atoms with Crippen molar-refractivity contribution in [3.8, 4) is 0 Å². The second-order valence-corrected chi connectivity index (χ2v) is 5.95. The van der Waals surface area contributed by atoms with Gasteiger partial charge in [-0.3, -0.25) is 9.59 Å². The van der Waals surface area contributed by atoms with Gasteiger partial charge >= 0.3 is 5.69 Å². The van der Waals surface area contributed by atoms with E-state index in [-0.39, 0.29) is 5.56 Å². The summed E-state index contributed by atoms with van der Waals surface area (Å²) in [6.07, 6.45) is 1.34. The van der Waals surface area contributed by atoms with Crippen molar-refractivity contribution in [3.63, 3.8) is 0 Å². The molecular formula is C15H12BrN5O3. The number of benzene rings is 1. The van der Waals surface area contributed by atoms with Crippen molar-refractivity contribution in [1.29, 1.82) is 0 Å². The Labute approximate surface area is 143 Å². The highest BCUT2D eigenvalue weighted by atomic mass is 79.9. The number of carbonyl (C=O) groups excluding carboxylic acids is 2. The molecule has 2 aromatic heterocycles. The molecule has 0 fully saturated rings. The van der Waals surface area contributed by atoms with Gasteiger partial charge in [0.15, 0.2) is 5.65 Å². The van der Waals surface area contributed by atoms with E-state index in [1.54, 1.807) is 24.3 Å². The van der Waals surface area contributed by atoms with Crippen LogP contribution in [0.25, 0.3) is 5.65 Å². The molecule has 0 saturated carbocycles. The Morgan fingerprint density at radius 1 is 1.29 bits per heavy atom. The van der Waals surface area contributed by atoms with Gasteiger partial charge in [0.1, 0.15) is 6.04 Å². The Hall–Kier alpha value is -2.94. The van der Waals surface area contributed by atoms with Crippen LogP contribution >= 0.6 is 15.9 Å². The first-order chi connectivity index (χ1) is 11.5. The maximum Gasteiger partial charge on any atom is 0.347 e. The Balaban J connectivity index is 1.91. The fourth-order valence-electron chi connectivity index (χ4n) is 2.26. The number of H-pyrrole nitrogens is 1. The molecule has 2 amide bonds. The van der Waals surface area contributed by atoms with Crippen LogP contribution in [0.4, 0.5) is 0 Å². The summed E-state index contributed by atoms with van der Waals surface area (Å²) in [5.41, 5.74) is 6.08. The van der Waals surface area contributed by atoms with Gasteiger partial charge in [0.2, 0.25) is 5.91 Å². The van der Waals surface area contributed by atoms with Crippen molar-refractivity contribution in [2.24, 2.45) is 5.73 Å². The molecule has 0 aliphatic carbocycles. The molecule has 8 nitrogen and oxygen atoms in total. The fourth-order valence-corrected chi connectivity index (χ4v) is 2.68. The number of hydrogen-bond donors (Lipinski definition) is 3. The maximum absolute atomic E-state index is 12.4. The number of aromatic nitrogens is 3. The summed E-state index contributed by atoms with van der Waals surface area (Å²) in [7, 11) is 0. The van der Waals surface area contributed by atoms with Gasteiger partial charge < -0.3 is 11.1 Å². The molecule has 0 aliphatic heterocycles. The highest BCUT2D eigenvalue weighted by Gasteiger charge is 2.21. The van der Waals surface area contributed by atoms with Gasteiger partial charge in [-0.1, -0.05) is 28.1 Å². The molecule has 9 heteroatoms. The van der Waals surface area contributed by atoms with Crippen LogP contribution in [0, 0.1) is 0 Å². The molecular weight excluding hydrogens is 378 g/mol. The normalized spacial score (nSPS) is 12.0. The molecule has 1 atom stereocenters. The molecule has 4 N–H and O–H groups in total. The van der Waals surface area contributed by atoms with E-state index >= 15 is 0 Å².